The summed E-state index contributed by atoms with van der Waals surface area (Å²) in [6, 6.07) is 10.8. The molecule has 1 aromatic heterocycles. The van der Waals surface area contributed by atoms with E-state index in [4.69, 9.17) is 0 Å². The molecule has 3 N–H and O–H groups in total. The van der Waals surface area contributed by atoms with Crippen LogP contribution in [0.15, 0.2) is 42.6 Å². The highest BCUT2D eigenvalue weighted by Gasteiger charge is 2.06. The van der Waals surface area contributed by atoms with Gasteiger partial charge in [-0.3, -0.25) is 9.59 Å². The minimum absolute atomic E-state index is 0.107. The highest BCUT2D eigenvalue weighted by Crippen LogP contribution is 2.18. The summed E-state index contributed by atoms with van der Waals surface area (Å²) < 4.78 is 0. The Balaban J connectivity index is 1.91. The fourth-order valence-electron chi connectivity index (χ4n) is 2.09. The summed E-state index contributed by atoms with van der Waals surface area (Å²) in [5, 5.41) is 8.73. The Morgan fingerprint density at radius 2 is 1.64 bits per heavy atom. The van der Waals surface area contributed by atoms with Gasteiger partial charge in [0.05, 0.1) is 11.9 Å². The van der Waals surface area contributed by atoms with Crippen molar-refractivity contribution in [3.63, 3.8) is 0 Å². The summed E-state index contributed by atoms with van der Waals surface area (Å²) in [6.07, 6.45) is 1.61. The number of hydrogen-bond donors (Lipinski definition) is 3. The van der Waals surface area contributed by atoms with E-state index in [2.05, 4.69) is 20.9 Å². The molecular weight excluding hydrogens is 318 g/mol. The van der Waals surface area contributed by atoms with Gasteiger partial charge in [-0.05, 0) is 50.5 Å². The third-order valence-corrected chi connectivity index (χ3v) is 3.33. The number of rotatable bonds is 7. The van der Waals surface area contributed by atoms with E-state index in [1.165, 1.54) is 6.92 Å². The SMILES string of the molecule is CC(=O)Nc1ccc(Nc2ccc(C(=O)NCCN(C)C)nc2)cc1. The second-order valence-corrected chi connectivity index (χ2v) is 5.87. The predicted octanol–water partition coefficient (Wildman–Crippen LogP) is 2.07. The van der Waals surface area contributed by atoms with Crippen LogP contribution < -0.4 is 16.0 Å². The lowest BCUT2D eigenvalue weighted by atomic mass is 10.2. The Bertz CT molecular complexity index is 711. The smallest absolute Gasteiger partial charge is 0.269 e. The molecule has 7 nitrogen and oxygen atoms in total. The molecule has 0 saturated heterocycles. The number of anilines is 3. The fourth-order valence-corrected chi connectivity index (χ4v) is 2.09. The average Bonchev–Trinajstić information content (AvgIpc) is 2.56. The zero-order valence-electron chi connectivity index (χ0n) is 14.7. The predicted molar refractivity (Wildman–Crippen MR) is 99.2 cm³/mol. The molecule has 132 valence electrons. The zero-order chi connectivity index (χ0) is 18.2. The topological polar surface area (TPSA) is 86.4 Å². The summed E-state index contributed by atoms with van der Waals surface area (Å²) >= 11 is 0. The van der Waals surface area contributed by atoms with Crippen LogP contribution in [0.4, 0.5) is 17.1 Å². The number of nitrogens with one attached hydrogen (secondary N) is 3. The molecule has 25 heavy (non-hydrogen) atoms. The van der Waals surface area contributed by atoms with Crippen molar-refractivity contribution in [3.05, 3.63) is 48.3 Å². The number of amides is 2. The molecule has 2 rings (SSSR count). The van der Waals surface area contributed by atoms with E-state index in [1.54, 1.807) is 18.3 Å². The van der Waals surface area contributed by atoms with Crippen molar-refractivity contribution in [2.24, 2.45) is 0 Å². The van der Waals surface area contributed by atoms with Gasteiger partial charge in [0, 0.05) is 31.4 Å². The second-order valence-electron chi connectivity index (χ2n) is 5.87. The molecule has 0 fully saturated rings. The first-order valence-corrected chi connectivity index (χ1v) is 7.97. The van der Waals surface area contributed by atoms with Gasteiger partial charge >= 0.3 is 0 Å². The van der Waals surface area contributed by atoms with E-state index in [1.807, 2.05) is 43.3 Å². The Morgan fingerprint density at radius 1 is 1.00 bits per heavy atom. The van der Waals surface area contributed by atoms with Gasteiger partial charge in [-0.1, -0.05) is 0 Å². The summed E-state index contributed by atoms with van der Waals surface area (Å²) in [6.45, 7) is 2.82. The molecule has 2 aromatic rings. The van der Waals surface area contributed by atoms with E-state index in [-0.39, 0.29) is 11.8 Å². The number of nitrogens with zero attached hydrogens (tertiary/aromatic N) is 2. The van der Waals surface area contributed by atoms with Crippen molar-refractivity contribution >= 4 is 28.9 Å². The number of pyridine rings is 1. The molecule has 0 atom stereocenters. The van der Waals surface area contributed by atoms with E-state index in [0.717, 1.165) is 23.6 Å². The molecule has 0 bridgehead atoms. The van der Waals surface area contributed by atoms with Crippen LogP contribution in [-0.2, 0) is 4.79 Å². The van der Waals surface area contributed by atoms with Gasteiger partial charge in [0.15, 0.2) is 0 Å². The molecular formula is C18H23N5O2. The summed E-state index contributed by atoms with van der Waals surface area (Å²) in [5.41, 5.74) is 2.75. The van der Waals surface area contributed by atoms with Crippen LogP contribution in [0.5, 0.6) is 0 Å². The molecule has 7 heteroatoms. The maximum absolute atomic E-state index is 12.0. The van der Waals surface area contributed by atoms with Crippen LogP contribution in [0.2, 0.25) is 0 Å². The van der Waals surface area contributed by atoms with Gasteiger partial charge in [-0.25, -0.2) is 4.98 Å². The van der Waals surface area contributed by atoms with Gasteiger partial charge < -0.3 is 20.9 Å². The van der Waals surface area contributed by atoms with Crippen molar-refractivity contribution in [2.45, 2.75) is 6.92 Å². The van der Waals surface area contributed by atoms with Gasteiger partial charge in [-0.15, -0.1) is 0 Å². The number of aromatic nitrogens is 1. The Hall–Kier alpha value is -2.93. The van der Waals surface area contributed by atoms with Crippen LogP contribution in [0, 0.1) is 0 Å². The van der Waals surface area contributed by atoms with Crippen LogP contribution >= 0.6 is 0 Å². The van der Waals surface area contributed by atoms with E-state index < -0.39 is 0 Å². The van der Waals surface area contributed by atoms with Crippen molar-refractivity contribution in [1.82, 2.24) is 15.2 Å². The highest BCUT2D eigenvalue weighted by molar-refractivity contribution is 5.92. The number of likely N-dealkylation sites (N-methyl/N-ethyl adjacent to an activating group) is 1. The molecule has 0 aliphatic rings. The fraction of sp³-hybridized carbons (Fsp3) is 0.278. The maximum atomic E-state index is 12.0. The Kier molecular flexibility index (Phi) is 6.47. The number of benzene rings is 1. The van der Waals surface area contributed by atoms with Crippen LogP contribution in [0.25, 0.3) is 0 Å². The molecule has 0 unspecified atom stereocenters. The first kappa shape index (κ1) is 18.4. The normalized spacial score (nSPS) is 10.4. The van der Waals surface area contributed by atoms with E-state index in [9.17, 15) is 9.59 Å². The molecule has 0 radical (unpaired) electrons. The molecule has 0 aliphatic heterocycles. The zero-order valence-corrected chi connectivity index (χ0v) is 14.7. The standard InChI is InChI=1S/C18H23N5O2/c1-13(24)21-14-4-6-15(7-5-14)22-16-8-9-17(20-12-16)18(25)19-10-11-23(2)3/h4-9,12,22H,10-11H2,1-3H3,(H,19,25)(H,21,24). The minimum atomic E-state index is -0.187. The molecule has 0 spiro atoms. The summed E-state index contributed by atoms with van der Waals surface area (Å²) in [4.78, 5) is 29.2. The second kappa shape index (κ2) is 8.79. The lowest BCUT2D eigenvalue weighted by molar-refractivity contribution is -0.114. The number of carbonyl (C=O) groups excluding carboxylic acids is 2. The summed E-state index contributed by atoms with van der Waals surface area (Å²) in [7, 11) is 3.90. The molecule has 2 amide bonds. The van der Waals surface area contributed by atoms with Crippen LogP contribution in [0.1, 0.15) is 17.4 Å². The maximum Gasteiger partial charge on any atom is 0.269 e. The van der Waals surface area contributed by atoms with Crippen LogP contribution in [0.3, 0.4) is 0 Å². The first-order chi connectivity index (χ1) is 11.9. The van der Waals surface area contributed by atoms with Crippen molar-refractivity contribution in [1.29, 1.82) is 0 Å². The molecule has 0 saturated carbocycles. The number of carbonyl (C=O) groups is 2. The molecule has 1 heterocycles. The number of hydrogen-bond acceptors (Lipinski definition) is 5. The van der Waals surface area contributed by atoms with E-state index >= 15 is 0 Å². The minimum Gasteiger partial charge on any atom is -0.354 e. The largest absolute Gasteiger partial charge is 0.354 e. The van der Waals surface area contributed by atoms with Crippen molar-refractivity contribution in [2.75, 3.05) is 37.8 Å². The third kappa shape index (κ3) is 6.23. The Morgan fingerprint density at radius 3 is 2.20 bits per heavy atom. The van der Waals surface area contributed by atoms with Crippen LogP contribution in [-0.4, -0.2) is 48.9 Å². The lowest BCUT2D eigenvalue weighted by Crippen LogP contribution is -2.31. The van der Waals surface area contributed by atoms with Gasteiger partial charge in [-0.2, -0.15) is 0 Å². The lowest BCUT2D eigenvalue weighted by Gasteiger charge is -2.11. The van der Waals surface area contributed by atoms with Gasteiger partial charge in [0.2, 0.25) is 5.91 Å². The molecule has 0 aliphatic carbocycles. The quantitative estimate of drug-likeness (QED) is 0.718. The van der Waals surface area contributed by atoms with Gasteiger partial charge in [0.25, 0.3) is 5.91 Å². The van der Waals surface area contributed by atoms with Crippen molar-refractivity contribution in [3.8, 4) is 0 Å². The van der Waals surface area contributed by atoms with E-state index in [0.29, 0.717) is 12.2 Å². The first-order valence-electron chi connectivity index (χ1n) is 7.97. The monoisotopic (exact) mass is 341 g/mol. The highest BCUT2D eigenvalue weighted by atomic mass is 16.2. The third-order valence-electron chi connectivity index (χ3n) is 3.33. The Labute approximate surface area is 147 Å². The summed E-state index contributed by atoms with van der Waals surface area (Å²) in [5.74, 6) is -0.294. The van der Waals surface area contributed by atoms with Crippen molar-refractivity contribution < 1.29 is 9.59 Å². The molecule has 1 aromatic carbocycles. The average molecular weight is 341 g/mol. The van der Waals surface area contributed by atoms with Gasteiger partial charge in [0.1, 0.15) is 5.69 Å².